The van der Waals surface area contributed by atoms with Crippen LogP contribution in [0.5, 0.6) is 0 Å². The molecule has 0 bridgehead atoms. The fourth-order valence-corrected chi connectivity index (χ4v) is 0.236. The first-order valence-corrected chi connectivity index (χ1v) is 2.36. The van der Waals surface area contributed by atoms with Crippen LogP contribution in [0.4, 0.5) is 0 Å². The molecule has 0 aromatic heterocycles. The first-order chi connectivity index (χ1) is 2.81. The summed E-state index contributed by atoms with van der Waals surface area (Å²) in [5.41, 5.74) is 5.42. The van der Waals surface area contributed by atoms with E-state index in [4.69, 9.17) is 5.73 Å². The molecule has 0 spiro atoms. The second kappa shape index (κ2) is 3.16. The van der Waals surface area contributed by atoms with Crippen molar-refractivity contribution in [1.82, 2.24) is 0 Å². The molecule has 1 nitrogen and oxygen atoms in total. The summed E-state index contributed by atoms with van der Waals surface area (Å²) in [6, 6.07) is 0.310. The highest BCUT2D eigenvalue weighted by Crippen LogP contribution is 1.86. The molecule has 1 unspecified atom stereocenters. The second-order valence-corrected chi connectivity index (χ2v) is 1.41. The molecule has 2 N–H and O–H groups in total. The summed E-state index contributed by atoms with van der Waals surface area (Å²) in [4.78, 5) is 0. The SMILES string of the molecule is C[CH]C(N)CC. The molecular weight excluding hydrogens is 74.1 g/mol. The van der Waals surface area contributed by atoms with Gasteiger partial charge in [0, 0.05) is 6.04 Å². The van der Waals surface area contributed by atoms with E-state index < -0.39 is 0 Å². The maximum atomic E-state index is 5.42. The lowest BCUT2D eigenvalue weighted by Crippen LogP contribution is -2.16. The average Bonchev–Trinajstić information content (AvgIpc) is 1.65. The topological polar surface area (TPSA) is 26.0 Å². The van der Waals surface area contributed by atoms with Gasteiger partial charge in [0.2, 0.25) is 0 Å². The highest BCUT2D eigenvalue weighted by molar-refractivity contribution is 4.71. The van der Waals surface area contributed by atoms with E-state index in [1.165, 1.54) is 0 Å². The van der Waals surface area contributed by atoms with Crippen molar-refractivity contribution >= 4 is 0 Å². The number of rotatable bonds is 2. The predicted molar refractivity (Wildman–Crippen MR) is 28.2 cm³/mol. The standard InChI is InChI=1S/C5H12N/c1-3-5(6)4-2/h3,5H,4,6H2,1-2H3. The fraction of sp³-hybridized carbons (Fsp3) is 0.800. The summed E-state index contributed by atoms with van der Waals surface area (Å²) in [6.07, 6.45) is 3.05. The summed E-state index contributed by atoms with van der Waals surface area (Å²) in [5, 5.41) is 0. The van der Waals surface area contributed by atoms with Crippen LogP contribution in [0, 0.1) is 6.42 Å². The largest absolute Gasteiger partial charge is 0.327 e. The molecule has 0 amide bonds. The molecule has 1 atom stereocenters. The van der Waals surface area contributed by atoms with Gasteiger partial charge in [0.1, 0.15) is 0 Å². The molecule has 37 valence electrons. The first kappa shape index (κ1) is 5.96. The van der Waals surface area contributed by atoms with Gasteiger partial charge in [-0.15, -0.1) is 0 Å². The second-order valence-electron chi connectivity index (χ2n) is 1.41. The molecule has 0 aromatic carbocycles. The van der Waals surface area contributed by atoms with Crippen molar-refractivity contribution in [3.63, 3.8) is 0 Å². The van der Waals surface area contributed by atoms with E-state index in [-0.39, 0.29) is 0 Å². The third-order valence-corrected chi connectivity index (χ3v) is 0.900. The molecule has 0 rings (SSSR count). The highest BCUT2D eigenvalue weighted by atomic mass is 14.6. The molecule has 1 heteroatoms. The molecule has 0 saturated heterocycles. The van der Waals surface area contributed by atoms with Crippen LogP contribution in [0.2, 0.25) is 0 Å². The van der Waals surface area contributed by atoms with Crippen LogP contribution in [-0.4, -0.2) is 6.04 Å². The predicted octanol–water partition coefficient (Wildman–Crippen LogP) is 0.948. The van der Waals surface area contributed by atoms with Crippen LogP contribution >= 0.6 is 0 Å². The molecule has 0 fully saturated rings. The van der Waals surface area contributed by atoms with E-state index in [9.17, 15) is 0 Å². The zero-order chi connectivity index (χ0) is 4.99. The number of nitrogens with two attached hydrogens (primary N) is 1. The monoisotopic (exact) mass is 86.1 g/mol. The van der Waals surface area contributed by atoms with E-state index in [2.05, 4.69) is 6.92 Å². The van der Waals surface area contributed by atoms with Gasteiger partial charge in [-0.1, -0.05) is 13.8 Å². The normalized spacial score (nSPS) is 10.0. The minimum Gasteiger partial charge on any atom is -0.327 e. The van der Waals surface area contributed by atoms with Gasteiger partial charge in [-0.2, -0.15) is 0 Å². The molecule has 0 aromatic rings. The van der Waals surface area contributed by atoms with Crippen molar-refractivity contribution in [1.29, 1.82) is 0 Å². The number of hydrogen-bond acceptors (Lipinski definition) is 1. The third kappa shape index (κ3) is 2.21. The van der Waals surface area contributed by atoms with E-state index in [0.29, 0.717) is 6.04 Å². The summed E-state index contributed by atoms with van der Waals surface area (Å²) in [6.45, 7) is 4.05. The number of hydrogen-bond donors (Lipinski definition) is 1. The average molecular weight is 86.2 g/mol. The van der Waals surface area contributed by atoms with Gasteiger partial charge < -0.3 is 5.73 Å². The summed E-state index contributed by atoms with van der Waals surface area (Å²) >= 11 is 0. The van der Waals surface area contributed by atoms with Crippen molar-refractivity contribution in [2.75, 3.05) is 0 Å². The smallest absolute Gasteiger partial charge is 0.00650 e. The lowest BCUT2D eigenvalue weighted by atomic mass is 10.2. The Morgan fingerprint density at radius 1 is 1.83 bits per heavy atom. The van der Waals surface area contributed by atoms with E-state index in [1.54, 1.807) is 0 Å². The van der Waals surface area contributed by atoms with Crippen molar-refractivity contribution in [2.45, 2.75) is 26.3 Å². The molecule has 0 saturated carbocycles. The van der Waals surface area contributed by atoms with Crippen molar-refractivity contribution in [2.24, 2.45) is 5.73 Å². The summed E-state index contributed by atoms with van der Waals surface area (Å²) in [7, 11) is 0. The first-order valence-electron chi connectivity index (χ1n) is 2.36. The molecule has 6 heavy (non-hydrogen) atoms. The molecule has 0 aliphatic heterocycles. The van der Waals surface area contributed by atoms with Crippen molar-refractivity contribution < 1.29 is 0 Å². The summed E-state index contributed by atoms with van der Waals surface area (Å²) in [5.74, 6) is 0. The molecule has 1 radical (unpaired) electrons. The molecule has 0 heterocycles. The van der Waals surface area contributed by atoms with Gasteiger partial charge in [-0.05, 0) is 12.8 Å². The Hall–Kier alpha value is -0.0400. The maximum Gasteiger partial charge on any atom is 0.00650 e. The Labute approximate surface area is 39.5 Å². The van der Waals surface area contributed by atoms with Crippen LogP contribution in [0.25, 0.3) is 0 Å². The van der Waals surface area contributed by atoms with Crippen LogP contribution in [0.3, 0.4) is 0 Å². The summed E-state index contributed by atoms with van der Waals surface area (Å²) < 4.78 is 0. The van der Waals surface area contributed by atoms with Crippen LogP contribution in [0.15, 0.2) is 0 Å². The van der Waals surface area contributed by atoms with E-state index >= 15 is 0 Å². The van der Waals surface area contributed by atoms with Gasteiger partial charge in [0.15, 0.2) is 0 Å². The molecular formula is C5H12N. The Bertz CT molecular complexity index is 23.1. The fourth-order valence-electron chi connectivity index (χ4n) is 0.236. The highest BCUT2D eigenvalue weighted by Gasteiger charge is 1.89. The Morgan fingerprint density at radius 2 is 2.33 bits per heavy atom. The van der Waals surface area contributed by atoms with Crippen molar-refractivity contribution in [3.8, 4) is 0 Å². The minimum atomic E-state index is 0.310. The Morgan fingerprint density at radius 3 is 2.33 bits per heavy atom. The van der Waals surface area contributed by atoms with Gasteiger partial charge in [0.25, 0.3) is 0 Å². The van der Waals surface area contributed by atoms with Gasteiger partial charge in [-0.25, -0.2) is 0 Å². The van der Waals surface area contributed by atoms with Gasteiger partial charge in [0.05, 0.1) is 0 Å². The maximum absolute atomic E-state index is 5.42. The Kier molecular flexibility index (Phi) is 3.14. The zero-order valence-electron chi connectivity index (χ0n) is 4.44. The zero-order valence-corrected chi connectivity index (χ0v) is 4.44. The lowest BCUT2D eigenvalue weighted by Gasteiger charge is -1.99. The van der Waals surface area contributed by atoms with Crippen LogP contribution in [0.1, 0.15) is 20.3 Å². The molecule has 0 aliphatic rings. The Balaban J connectivity index is 2.75. The van der Waals surface area contributed by atoms with Crippen LogP contribution < -0.4 is 5.73 Å². The quantitative estimate of drug-likeness (QED) is 0.532. The van der Waals surface area contributed by atoms with E-state index in [0.717, 1.165) is 6.42 Å². The third-order valence-electron chi connectivity index (χ3n) is 0.900. The van der Waals surface area contributed by atoms with E-state index in [1.807, 2.05) is 13.3 Å². The molecule has 0 aliphatic carbocycles. The van der Waals surface area contributed by atoms with Gasteiger partial charge in [-0.3, -0.25) is 0 Å². The lowest BCUT2D eigenvalue weighted by molar-refractivity contribution is 0.734. The van der Waals surface area contributed by atoms with Gasteiger partial charge >= 0.3 is 0 Å². The van der Waals surface area contributed by atoms with Crippen LogP contribution in [-0.2, 0) is 0 Å². The minimum absolute atomic E-state index is 0.310. The van der Waals surface area contributed by atoms with Crippen molar-refractivity contribution in [3.05, 3.63) is 6.42 Å².